The van der Waals surface area contributed by atoms with Gasteiger partial charge in [-0.25, -0.2) is 4.79 Å². The Bertz CT molecular complexity index is 1320. The average molecular weight is 456 g/mol. The number of rotatable bonds is 8. The first-order chi connectivity index (χ1) is 16.4. The third-order valence-corrected chi connectivity index (χ3v) is 5.48. The number of aromatic nitrogens is 1. The number of fused-ring (bicyclic) bond motifs is 1. The van der Waals surface area contributed by atoms with Crippen LogP contribution in [-0.4, -0.2) is 42.1 Å². The van der Waals surface area contributed by atoms with E-state index in [-0.39, 0.29) is 6.42 Å². The lowest BCUT2D eigenvalue weighted by atomic mass is 10.0. The molecule has 0 fully saturated rings. The van der Waals surface area contributed by atoms with Gasteiger partial charge in [-0.2, -0.15) is 10.2 Å². The van der Waals surface area contributed by atoms with Gasteiger partial charge in [0.1, 0.15) is 6.04 Å². The number of hydrogen-bond acceptors (Lipinski definition) is 5. The van der Waals surface area contributed by atoms with Crippen molar-refractivity contribution in [1.29, 1.82) is 0 Å². The highest BCUT2D eigenvalue weighted by Crippen LogP contribution is 2.22. The highest BCUT2D eigenvalue weighted by Gasteiger charge is 2.22. The van der Waals surface area contributed by atoms with Crippen molar-refractivity contribution in [2.45, 2.75) is 12.5 Å². The van der Waals surface area contributed by atoms with E-state index in [1.54, 1.807) is 30.5 Å². The van der Waals surface area contributed by atoms with Gasteiger partial charge in [0.05, 0.1) is 11.4 Å². The largest absolute Gasteiger partial charge is 0.480 e. The van der Waals surface area contributed by atoms with Crippen molar-refractivity contribution in [3.63, 3.8) is 0 Å². The van der Waals surface area contributed by atoms with Crippen LogP contribution in [0.15, 0.2) is 89.2 Å². The van der Waals surface area contributed by atoms with Crippen molar-refractivity contribution in [3.05, 3.63) is 90.1 Å². The van der Waals surface area contributed by atoms with E-state index >= 15 is 0 Å². The van der Waals surface area contributed by atoms with E-state index < -0.39 is 17.9 Å². The zero-order chi connectivity index (χ0) is 24.1. The summed E-state index contributed by atoms with van der Waals surface area (Å²) in [6.07, 6.45) is 1.95. The topological polar surface area (TPSA) is 110 Å². The van der Waals surface area contributed by atoms with Crippen LogP contribution in [0.1, 0.15) is 15.9 Å². The second-order valence-electron chi connectivity index (χ2n) is 8.09. The zero-order valence-electron chi connectivity index (χ0n) is 18.9. The summed E-state index contributed by atoms with van der Waals surface area (Å²) in [6.45, 7) is 0. The number of para-hydroxylation sites is 1. The summed E-state index contributed by atoms with van der Waals surface area (Å²) in [5.74, 6) is -1.56. The van der Waals surface area contributed by atoms with Crippen LogP contribution >= 0.6 is 0 Å². The molecular formula is C26H25N5O3. The lowest BCUT2D eigenvalue weighted by Gasteiger charge is -2.14. The van der Waals surface area contributed by atoms with Crippen LogP contribution in [0.4, 0.5) is 17.1 Å². The van der Waals surface area contributed by atoms with Gasteiger partial charge in [0.15, 0.2) is 0 Å². The quantitative estimate of drug-likeness (QED) is 0.322. The maximum absolute atomic E-state index is 12.7. The zero-order valence-corrected chi connectivity index (χ0v) is 18.9. The normalized spacial score (nSPS) is 12.1. The van der Waals surface area contributed by atoms with Crippen molar-refractivity contribution in [2.75, 3.05) is 19.0 Å². The molecule has 8 heteroatoms. The van der Waals surface area contributed by atoms with Crippen molar-refractivity contribution in [1.82, 2.24) is 10.3 Å². The number of benzene rings is 3. The number of aromatic amines is 1. The van der Waals surface area contributed by atoms with Crippen LogP contribution in [0.25, 0.3) is 10.9 Å². The molecule has 1 heterocycles. The van der Waals surface area contributed by atoms with Crippen LogP contribution in [0, 0.1) is 0 Å². The van der Waals surface area contributed by atoms with Crippen LogP contribution in [0.2, 0.25) is 0 Å². The number of carboxylic acids is 1. The van der Waals surface area contributed by atoms with Gasteiger partial charge < -0.3 is 20.3 Å². The average Bonchev–Trinajstić information content (AvgIpc) is 3.25. The molecule has 4 rings (SSSR count). The van der Waals surface area contributed by atoms with Gasteiger partial charge in [-0.3, -0.25) is 4.79 Å². The highest BCUT2D eigenvalue weighted by molar-refractivity contribution is 5.97. The van der Waals surface area contributed by atoms with E-state index in [2.05, 4.69) is 20.5 Å². The summed E-state index contributed by atoms with van der Waals surface area (Å²) >= 11 is 0. The fourth-order valence-electron chi connectivity index (χ4n) is 3.57. The number of nitrogens with one attached hydrogen (secondary N) is 2. The molecule has 8 nitrogen and oxygen atoms in total. The predicted molar refractivity (Wildman–Crippen MR) is 132 cm³/mol. The smallest absolute Gasteiger partial charge is 0.326 e. The molecule has 3 N–H and O–H groups in total. The molecule has 4 aromatic rings. The Morgan fingerprint density at radius 1 is 0.941 bits per heavy atom. The molecule has 0 aliphatic heterocycles. The Labute approximate surface area is 196 Å². The number of aliphatic carboxylic acids is 1. The third kappa shape index (κ3) is 5.29. The summed E-state index contributed by atoms with van der Waals surface area (Å²) in [5, 5.41) is 21.6. The maximum atomic E-state index is 12.7. The van der Waals surface area contributed by atoms with Crippen molar-refractivity contribution >= 4 is 39.8 Å². The number of hydrogen-bond donors (Lipinski definition) is 3. The van der Waals surface area contributed by atoms with E-state index in [4.69, 9.17) is 0 Å². The van der Waals surface area contributed by atoms with E-state index in [0.29, 0.717) is 16.9 Å². The SMILES string of the molecule is CN(C)c1ccc(N=Nc2ccc(C(=O)NC(Cc3c[nH]c4ccccc34)C(=O)O)cc2)cc1. The Morgan fingerprint density at radius 2 is 1.56 bits per heavy atom. The molecule has 1 unspecified atom stereocenters. The predicted octanol–water partition coefficient (Wildman–Crippen LogP) is 5.08. The first-order valence-electron chi connectivity index (χ1n) is 10.8. The first kappa shape index (κ1) is 22.7. The van der Waals surface area contributed by atoms with E-state index in [1.165, 1.54) is 0 Å². The van der Waals surface area contributed by atoms with E-state index in [1.807, 2.05) is 67.5 Å². The molecule has 1 amide bonds. The lowest BCUT2D eigenvalue weighted by Crippen LogP contribution is -2.42. The number of anilines is 1. The van der Waals surface area contributed by atoms with E-state index in [9.17, 15) is 14.7 Å². The minimum Gasteiger partial charge on any atom is -0.480 e. The second kappa shape index (κ2) is 9.99. The molecule has 0 saturated heterocycles. The molecular weight excluding hydrogens is 430 g/mol. The maximum Gasteiger partial charge on any atom is 0.326 e. The fourth-order valence-corrected chi connectivity index (χ4v) is 3.57. The summed E-state index contributed by atoms with van der Waals surface area (Å²) < 4.78 is 0. The molecule has 0 aliphatic rings. The van der Waals surface area contributed by atoms with Crippen LogP contribution < -0.4 is 10.2 Å². The van der Waals surface area contributed by atoms with Crippen molar-refractivity contribution in [3.8, 4) is 0 Å². The molecule has 172 valence electrons. The first-order valence-corrected chi connectivity index (χ1v) is 10.8. The van der Waals surface area contributed by atoms with Crippen molar-refractivity contribution < 1.29 is 14.7 Å². The number of carboxylic acid groups (broad SMARTS) is 1. The van der Waals surface area contributed by atoms with Crippen LogP contribution in [-0.2, 0) is 11.2 Å². The number of H-pyrrole nitrogens is 1. The van der Waals surface area contributed by atoms with Gasteiger partial charge in [-0.05, 0) is 60.2 Å². The Balaban J connectivity index is 1.41. The van der Waals surface area contributed by atoms with Crippen LogP contribution in [0.3, 0.4) is 0 Å². The minimum absolute atomic E-state index is 0.171. The van der Waals surface area contributed by atoms with Crippen molar-refractivity contribution in [2.24, 2.45) is 10.2 Å². The Morgan fingerprint density at radius 3 is 2.18 bits per heavy atom. The molecule has 34 heavy (non-hydrogen) atoms. The highest BCUT2D eigenvalue weighted by atomic mass is 16.4. The molecule has 0 spiro atoms. The number of amides is 1. The minimum atomic E-state index is -1.09. The summed E-state index contributed by atoms with van der Waals surface area (Å²) in [4.78, 5) is 29.6. The Kier molecular flexibility index (Phi) is 6.68. The van der Waals surface area contributed by atoms with Gasteiger partial charge in [0.25, 0.3) is 5.91 Å². The summed E-state index contributed by atoms with van der Waals surface area (Å²) in [6, 6.07) is 20.8. The van der Waals surface area contributed by atoms with Gasteiger partial charge in [0, 0.05) is 48.9 Å². The monoisotopic (exact) mass is 455 g/mol. The lowest BCUT2D eigenvalue weighted by molar-refractivity contribution is -0.139. The third-order valence-electron chi connectivity index (χ3n) is 5.48. The number of carbonyl (C=O) groups excluding carboxylic acids is 1. The molecule has 3 aromatic carbocycles. The molecule has 0 saturated carbocycles. The number of azo groups is 1. The van der Waals surface area contributed by atoms with Crippen LogP contribution in [0.5, 0.6) is 0 Å². The summed E-state index contributed by atoms with van der Waals surface area (Å²) in [5.41, 5.74) is 4.47. The number of nitrogens with zero attached hydrogens (tertiary/aromatic N) is 3. The van der Waals surface area contributed by atoms with Gasteiger partial charge >= 0.3 is 5.97 Å². The fraction of sp³-hybridized carbons (Fsp3) is 0.154. The molecule has 0 bridgehead atoms. The van der Waals surface area contributed by atoms with Gasteiger partial charge in [-0.1, -0.05) is 18.2 Å². The number of carbonyl (C=O) groups is 2. The molecule has 0 aliphatic carbocycles. The molecule has 0 radical (unpaired) electrons. The molecule has 1 atom stereocenters. The summed E-state index contributed by atoms with van der Waals surface area (Å²) in [7, 11) is 3.93. The molecule has 1 aromatic heterocycles. The second-order valence-corrected chi connectivity index (χ2v) is 8.09. The van der Waals surface area contributed by atoms with Gasteiger partial charge in [-0.15, -0.1) is 0 Å². The van der Waals surface area contributed by atoms with Gasteiger partial charge in [0.2, 0.25) is 0 Å². The Hall–Kier alpha value is -4.46. The van der Waals surface area contributed by atoms with E-state index in [0.717, 1.165) is 22.2 Å². The standard InChI is InChI=1S/C26H25N5O3/c1-31(2)21-13-11-20(12-14-21)30-29-19-9-7-17(8-10-19)25(32)28-24(26(33)34)15-18-16-27-23-6-4-3-5-22(18)23/h3-14,16,24,27H,15H2,1-2H3,(H,28,32)(H,33,34).